The Labute approximate surface area is 122 Å². The van der Waals surface area contributed by atoms with Gasteiger partial charge in [-0.1, -0.05) is 12.1 Å². The maximum absolute atomic E-state index is 11.9. The van der Waals surface area contributed by atoms with Crippen LogP contribution in [0.1, 0.15) is 23.6 Å². The molecule has 4 heteroatoms. The first-order chi connectivity index (χ1) is 9.56. The summed E-state index contributed by atoms with van der Waals surface area (Å²) < 4.78 is 0. The highest BCUT2D eigenvalue weighted by atomic mass is 35.5. The van der Waals surface area contributed by atoms with E-state index in [0.717, 1.165) is 11.1 Å². The third kappa shape index (κ3) is 2.87. The fourth-order valence-electron chi connectivity index (χ4n) is 2.13. The molecule has 2 rings (SSSR count). The van der Waals surface area contributed by atoms with Crippen molar-refractivity contribution in [2.24, 2.45) is 0 Å². The zero-order valence-corrected chi connectivity index (χ0v) is 11.8. The Morgan fingerprint density at radius 2 is 2.05 bits per heavy atom. The van der Waals surface area contributed by atoms with Crippen molar-refractivity contribution >= 4 is 16.8 Å². The lowest BCUT2D eigenvalue weighted by molar-refractivity contribution is -0.116. The Kier molecular flexibility index (Phi) is 4.16. The normalized spacial score (nSPS) is 13.2. The molecule has 0 spiro atoms. The van der Waals surface area contributed by atoms with Crippen LogP contribution >= 0.6 is 11.6 Å². The smallest absolute Gasteiger partial charge is 0.232 e. The molecule has 20 heavy (non-hydrogen) atoms. The topological polar surface area (TPSA) is 53.8 Å². The predicted octanol–water partition coefficient (Wildman–Crippen LogP) is 3.22. The molecule has 100 valence electrons. The molecular weight excluding hydrogens is 272 g/mol. The number of pyridine rings is 1. The monoisotopic (exact) mass is 284 g/mol. The molecular formula is C16H13ClN2O. The van der Waals surface area contributed by atoms with Gasteiger partial charge in [-0.25, -0.2) is 0 Å². The van der Waals surface area contributed by atoms with Crippen molar-refractivity contribution in [2.45, 2.75) is 18.8 Å². The fourth-order valence-corrected chi connectivity index (χ4v) is 2.30. The molecule has 1 heterocycles. The molecule has 0 N–H and O–H groups in total. The van der Waals surface area contributed by atoms with Crippen LogP contribution in [0, 0.1) is 11.3 Å². The second-order valence-corrected chi connectivity index (χ2v) is 5.17. The van der Waals surface area contributed by atoms with Gasteiger partial charge in [0.15, 0.2) is 0 Å². The van der Waals surface area contributed by atoms with E-state index in [0.29, 0.717) is 12.0 Å². The van der Waals surface area contributed by atoms with Gasteiger partial charge in [-0.15, -0.1) is 0 Å². The van der Waals surface area contributed by atoms with Crippen molar-refractivity contribution in [3.05, 3.63) is 65.5 Å². The Morgan fingerprint density at radius 3 is 2.65 bits per heavy atom. The molecule has 1 aromatic carbocycles. The molecule has 1 atom stereocenters. The van der Waals surface area contributed by atoms with Crippen LogP contribution in [0.2, 0.25) is 0 Å². The van der Waals surface area contributed by atoms with Crippen LogP contribution in [0.15, 0.2) is 48.8 Å². The Balaban J connectivity index is 2.44. The first-order valence-electron chi connectivity index (χ1n) is 6.16. The Bertz CT molecular complexity index is 664. The average molecular weight is 285 g/mol. The first-order valence-corrected chi connectivity index (χ1v) is 6.53. The van der Waals surface area contributed by atoms with E-state index in [9.17, 15) is 4.79 Å². The summed E-state index contributed by atoms with van der Waals surface area (Å²) in [6.07, 6.45) is 3.83. The van der Waals surface area contributed by atoms with Gasteiger partial charge < -0.3 is 0 Å². The highest BCUT2D eigenvalue weighted by molar-refractivity contribution is 6.65. The first kappa shape index (κ1) is 14.2. The van der Waals surface area contributed by atoms with E-state index in [4.69, 9.17) is 16.9 Å². The van der Waals surface area contributed by atoms with Gasteiger partial charge in [0.1, 0.15) is 0 Å². The summed E-state index contributed by atoms with van der Waals surface area (Å²) in [5.74, 6) is 0. The van der Waals surface area contributed by atoms with Gasteiger partial charge >= 0.3 is 0 Å². The van der Waals surface area contributed by atoms with E-state index in [-0.39, 0.29) is 0 Å². The number of carbonyl (C=O) groups is 1. The SMILES string of the molecule is CC(Cc1ccncc1)(C(=O)Cl)c1cccc(C#N)c1. The largest absolute Gasteiger partial charge is 0.280 e. The molecule has 3 nitrogen and oxygen atoms in total. The number of hydrogen-bond donors (Lipinski definition) is 0. The summed E-state index contributed by atoms with van der Waals surface area (Å²) in [6.45, 7) is 1.79. The number of carbonyl (C=O) groups excluding carboxylic acids is 1. The lowest BCUT2D eigenvalue weighted by atomic mass is 9.78. The number of aromatic nitrogens is 1. The molecule has 0 saturated carbocycles. The summed E-state index contributed by atoms with van der Waals surface area (Å²) in [5, 5.41) is 8.54. The average Bonchev–Trinajstić information content (AvgIpc) is 2.48. The zero-order chi connectivity index (χ0) is 14.6. The van der Waals surface area contributed by atoms with Gasteiger partial charge in [-0.05, 0) is 60.3 Å². The van der Waals surface area contributed by atoms with Gasteiger partial charge in [-0.2, -0.15) is 5.26 Å². The highest BCUT2D eigenvalue weighted by Crippen LogP contribution is 2.31. The van der Waals surface area contributed by atoms with Gasteiger partial charge in [0.2, 0.25) is 5.24 Å². The molecule has 0 bridgehead atoms. The standard InChI is InChI=1S/C16H13ClN2O/c1-16(15(17)20,10-12-5-7-19-8-6-12)14-4-2-3-13(9-14)11-18/h2-9H,10H2,1H3. The minimum Gasteiger partial charge on any atom is -0.280 e. The van der Waals surface area contributed by atoms with Crippen LogP contribution in [0.3, 0.4) is 0 Å². The van der Waals surface area contributed by atoms with Gasteiger partial charge in [0.25, 0.3) is 0 Å². The lowest BCUT2D eigenvalue weighted by Crippen LogP contribution is -2.32. The maximum atomic E-state index is 11.9. The fraction of sp³-hybridized carbons (Fsp3) is 0.188. The second-order valence-electron chi connectivity index (χ2n) is 4.83. The van der Waals surface area contributed by atoms with E-state index in [1.165, 1.54) is 0 Å². The van der Waals surface area contributed by atoms with Crippen LogP contribution in [0.5, 0.6) is 0 Å². The number of rotatable bonds is 4. The molecule has 0 amide bonds. The number of halogens is 1. The van der Waals surface area contributed by atoms with Gasteiger partial charge in [0, 0.05) is 12.4 Å². The van der Waals surface area contributed by atoms with Crippen LogP contribution in [0.4, 0.5) is 0 Å². The van der Waals surface area contributed by atoms with E-state index in [2.05, 4.69) is 11.1 Å². The summed E-state index contributed by atoms with van der Waals surface area (Å²) in [7, 11) is 0. The Morgan fingerprint density at radius 1 is 1.35 bits per heavy atom. The van der Waals surface area contributed by atoms with Crippen LogP contribution in [0.25, 0.3) is 0 Å². The quantitative estimate of drug-likeness (QED) is 0.810. The molecule has 0 aliphatic heterocycles. The summed E-state index contributed by atoms with van der Waals surface area (Å²) in [6, 6.07) is 12.8. The minimum absolute atomic E-state index is 0.440. The zero-order valence-electron chi connectivity index (χ0n) is 11.0. The Hall–Kier alpha value is -2.18. The molecule has 0 fully saturated rings. The van der Waals surface area contributed by atoms with Crippen molar-refractivity contribution < 1.29 is 4.79 Å². The van der Waals surface area contributed by atoms with E-state index < -0.39 is 10.7 Å². The summed E-state index contributed by atoms with van der Waals surface area (Å²) in [5.41, 5.74) is 1.36. The van der Waals surface area contributed by atoms with E-state index >= 15 is 0 Å². The predicted molar refractivity (Wildman–Crippen MR) is 77.3 cm³/mol. The third-order valence-electron chi connectivity index (χ3n) is 3.37. The molecule has 0 aliphatic rings. The van der Waals surface area contributed by atoms with Crippen LogP contribution in [-0.4, -0.2) is 10.2 Å². The minimum atomic E-state index is -0.865. The highest BCUT2D eigenvalue weighted by Gasteiger charge is 2.34. The van der Waals surface area contributed by atoms with Crippen LogP contribution in [-0.2, 0) is 16.6 Å². The number of benzene rings is 1. The third-order valence-corrected chi connectivity index (χ3v) is 3.79. The molecule has 1 unspecified atom stereocenters. The summed E-state index contributed by atoms with van der Waals surface area (Å²) >= 11 is 5.83. The molecule has 1 aromatic heterocycles. The van der Waals surface area contributed by atoms with Gasteiger partial charge in [0.05, 0.1) is 17.0 Å². The van der Waals surface area contributed by atoms with Crippen molar-refractivity contribution in [2.75, 3.05) is 0 Å². The van der Waals surface area contributed by atoms with Crippen molar-refractivity contribution in [1.29, 1.82) is 5.26 Å². The molecule has 2 aromatic rings. The van der Waals surface area contributed by atoms with Crippen molar-refractivity contribution in [3.8, 4) is 6.07 Å². The number of hydrogen-bond acceptors (Lipinski definition) is 3. The van der Waals surface area contributed by atoms with Crippen molar-refractivity contribution in [3.63, 3.8) is 0 Å². The molecule has 0 radical (unpaired) electrons. The van der Waals surface area contributed by atoms with E-state index in [1.54, 1.807) is 37.5 Å². The molecule has 0 aliphatic carbocycles. The lowest BCUT2D eigenvalue weighted by Gasteiger charge is -2.26. The van der Waals surface area contributed by atoms with Crippen LogP contribution < -0.4 is 0 Å². The maximum Gasteiger partial charge on any atom is 0.232 e. The number of nitrogens with zero attached hydrogens (tertiary/aromatic N) is 2. The summed E-state index contributed by atoms with van der Waals surface area (Å²) in [4.78, 5) is 15.9. The van der Waals surface area contributed by atoms with E-state index in [1.807, 2.05) is 18.2 Å². The second kappa shape index (κ2) is 5.85. The molecule has 0 saturated heterocycles. The van der Waals surface area contributed by atoms with Gasteiger partial charge in [-0.3, -0.25) is 9.78 Å². The number of nitriles is 1. The van der Waals surface area contributed by atoms with Crippen molar-refractivity contribution in [1.82, 2.24) is 4.98 Å².